The summed E-state index contributed by atoms with van der Waals surface area (Å²) in [7, 11) is 0. The molecule has 0 aromatic heterocycles. The first-order valence-corrected chi connectivity index (χ1v) is 36.0. The van der Waals surface area contributed by atoms with Gasteiger partial charge in [0.1, 0.15) is 0 Å². The van der Waals surface area contributed by atoms with E-state index in [0.29, 0.717) is 0 Å². The Morgan fingerprint density at radius 2 is 0.588 bits per heavy atom. The van der Waals surface area contributed by atoms with E-state index in [1.165, 1.54) is 148 Å². The lowest BCUT2D eigenvalue weighted by Crippen LogP contribution is -2.15. The average molecular weight is 1310 g/mol. The smallest absolute Gasteiger partial charge is 0.0540 e. The second-order valence-electron chi connectivity index (χ2n) is 30.4. The zero-order valence-electron chi connectivity index (χ0n) is 58.6. The molecular formula is C100H76N2. The molecule has 2 aliphatic rings. The van der Waals surface area contributed by atoms with Crippen LogP contribution in [0.25, 0.3) is 131 Å². The highest BCUT2D eigenvalue weighted by Crippen LogP contribution is 2.55. The van der Waals surface area contributed by atoms with Crippen LogP contribution in [0.5, 0.6) is 0 Å². The molecule has 0 amide bonds. The highest BCUT2D eigenvalue weighted by Gasteiger charge is 2.37. The first-order valence-electron chi connectivity index (χ1n) is 36.0. The molecule has 0 atom stereocenters. The second kappa shape index (κ2) is 23.2. The number of para-hydroxylation sites is 1. The van der Waals surface area contributed by atoms with Gasteiger partial charge in [-0.05, 0) is 239 Å². The number of hydrogen-bond acceptors (Lipinski definition) is 2. The van der Waals surface area contributed by atoms with Gasteiger partial charge < -0.3 is 9.80 Å². The van der Waals surface area contributed by atoms with Gasteiger partial charge in [-0.25, -0.2) is 0 Å². The van der Waals surface area contributed by atoms with Crippen LogP contribution in [-0.4, -0.2) is 0 Å². The lowest BCUT2D eigenvalue weighted by molar-refractivity contribution is 0.590. The molecule has 2 nitrogen and oxygen atoms in total. The molecule has 486 valence electrons. The van der Waals surface area contributed by atoms with Crippen LogP contribution in [0.2, 0.25) is 0 Å². The SMILES string of the molecule is CC(C)(C)c1ccc(N(c2ccc3c(-c4ccc5ccccc5c4)c4cc(N(c5ccccc5)c5ccc(-c6ccc7c(c6)C(C)(C)c6ccccc6-7)c6ccccc56)ccc4c(-c4ccc5ccccc5c4)c3c2)c2ccc(-c3ccc4c(c3)C(C)(C)c3ccccc3-4)c3ccccc23)cc1. The van der Waals surface area contributed by atoms with Gasteiger partial charge in [-0.2, -0.15) is 0 Å². The van der Waals surface area contributed by atoms with E-state index in [9.17, 15) is 0 Å². The molecular weight excluding hydrogens is 1230 g/mol. The molecule has 102 heavy (non-hydrogen) atoms. The van der Waals surface area contributed by atoms with Gasteiger partial charge >= 0.3 is 0 Å². The number of rotatable bonds is 10. The van der Waals surface area contributed by atoms with Crippen molar-refractivity contribution in [3.63, 3.8) is 0 Å². The van der Waals surface area contributed by atoms with Crippen molar-refractivity contribution in [1.29, 1.82) is 0 Å². The van der Waals surface area contributed by atoms with Gasteiger partial charge in [0.2, 0.25) is 0 Å². The molecule has 2 aliphatic carbocycles. The van der Waals surface area contributed by atoms with E-state index in [2.05, 4.69) is 392 Å². The Morgan fingerprint density at radius 3 is 1.05 bits per heavy atom. The van der Waals surface area contributed by atoms with E-state index in [0.717, 1.165) is 45.3 Å². The Balaban J connectivity index is 0.845. The summed E-state index contributed by atoms with van der Waals surface area (Å²) in [6.07, 6.45) is 0. The van der Waals surface area contributed by atoms with Gasteiger partial charge in [-0.3, -0.25) is 0 Å². The Bertz CT molecular complexity index is 6300. The molecule has 0 saturated carbocycles. The van der Waals surface area contributed by atoms with Gasteiger partial charge in [0.15, 0.2) is 0 Å². The number of hydrogen-bond donors (Lipinski definition) is 0. The Labute approximate surface area is 597 Å². The zero-order valence-corrected chi connectivity index (χ0v) is 58.6. The van der Waals surface area contributed by atoms with E-state index < -0.39 is 0 Å². The summed E-state index contributed by atoms with van der Waals surface area (Å²) in [5.41, 5.74) is 28.0. The third kappa shape index (κ3) is 9.68. The van der Waals surface area contributed by atoms with E-state index >= 15 is 0 Å². The number of benzene rings is 17. The first-order chi connectivity index (χ1) is 49.7. The van der Waals surface area contributed by atoms with Gasteiger partial charge in [0, 0.05) is 44.4 Å². The molecule has 0 N–H and O–H groups in total. The van der Waals surface area contributed by atoms with Crippen LogP contribution >= 0.6 is 0 Å². The molecule has 0 unspecified atom stereocenters. The minimum atomic E-state index is -0.126. The predicted octanol–water partition coefficient (Wildman–Crippen LogP) is 28.1. The van der Waals surface area contributed by atoms with E-state index in [4.69, 9.17) is 0 Å². The Kier molecular flexibility index (Phi) is 13.9. The number of anilines is 6. The lowest BCUT2D eigenvalue weighted by atomic mass is 9.81. The molecule has 17 aromatic carbocycles. The average Bonchev–Trinajstić information content (AvgIpc) is 1.03. The molecule has 0 spiro atoms. The molecule has 0 saturated heterocycles. The minimum absolute atomic E-state index is 0.0349. The lowest BCUT2D eigenvalue weighted by Gasteiger charge is -2.30. The minimum Gasteiger partial charge on any atom is -0.310 e. The van der Waals surface area contributed by atoms with Crippen molar-refractivity contribution in [1.82, 2.24) is 0 Å². The fourth-order valence-electron chi connectivity index (χ4n) is 17.5. The molecule has 17 aromatic rings. The van der Waals surface area contributed by atoms with E-state index in [1.807, 2.05) is 0 Å². The summed E-state index contributed by atoms with van der Waals surface area (Å²) in [5, 5.41) is 14.3. The molecule has 0 radical (unpaired) electrons. The van der Waals surface area contributed by atoms with Gasteiger partial charge in [0.05, 0.1) is 11.4 Å². The third-order valence-electron chi connectivity index (χ3n) is 22.8. The van der Waals surface area contributed by atoms with Crippen molar-refractivity contribution in [2.24, 2.45) is 0 Å². The third-order valence-corrected chi connectivity index (χ3v) is 22.8. The van der Waals surface area contributed by atoms with E-state index in [1.54, 1.807) is 0 Å². The monoisotopic (exact) mass is 1300 g/mol. The standard InChI is InChI=1S/C100H76N2/c1-98(2,3)71-43-45-73(46-44-71)102(95-56-54-77(79-30-16-18-34-85(79)95)68-42-50-83-81-32-20-22-36-91(81)100(6,7)93(83)60-68)75-48-52-87-89(62-75)97(70-40-38-64-24-12-14-26-66(64)58-70)86-51-47-74(61-88(86)96(87)69-39-37-63-23-11-13-25-65(63)57-69)101(72-27-9-8-10-28-72)94-55-53-76(78-29-15-17-33-84(78)94)67-41-49-82-80-31-19-21-35-90(80)99(4,5)92(82)59-67/h8-62H,1-7H3. The van der Waals surface area contributed by atoms with Crippen molar-refractivity contribution in [2.75, 3.05) is 9.80 Å². The van der Waals surface area contributed by atoms with Crippen LogP contribution in [0.4, 0.5) is 34.1 Å². The second-order valence-corrected chi connectivity index (χ2v) is 30.4. The van der Waals surface area contributed by atoms with Crippen molar-refractivity contribution >= 4 is 98.8 Å². The Hall–Kier alpha value is -12.1. The summed E-state index contributed by atoms with van der Waals surface area (Å²) >= 11 is 0. The van der Waals surface area contributed by atoms with Crippen molar-refractivity contribution in [3.8, 4) is 66.8 Å². The van der Waals surface area contributed by atoms with Crippen molar-refractivity contribution in [2.45, 2.75) is 64.7 Å². The molecule has 2 heteroatoms. The maximum absolute atomic E-state index is 2.52. The van der Waals surface area contributed by atoms with Crippen LogP contribution in [0.15, 0.2) is 334 Å². The zero-order chi connectivity index (χ0) is 68.8. The van der Waals surface area contributed by atoms with Crippen LogP contribution in [-0.2, 0) is 16.2 Å². The molecule has 0 heterocycles. The molecule has 0 aliphatic heterocycles. The molecule has 19 rings (SSSR count). The van der Waals surface area contributed by atoms with Gasteiger partial charge in [-0.1, -0.05) is 297 Å². The Morgan fingerprint density at radius 1 is 0.225 bits per heavy atom. The van der Waals surface area contributed by atoms with Crippen LogP contribution in [0.1, 0.15) is 76.3 Å². The van der Waals surface area contributed by atoms with Crippen LogP contribution < -0.4 is 9.80 Å². The topological polar surface area (TPSA) is 6.48 Å². The summed E-state index contributed by atoms with van der Waals surface area (Å²) in [4.78, 5) is 5.01. The molecule has 0 bridgehead atoms. The fourth-order valence-corrected chi connectivity index (χ4v) is 17.5. The van der Waals surface area contributed by atoms with Gasteiger partial charge in [-0.15, -0.1) is 0 Å². The maximum atomic E-state index is 2.52. The quantitative estimate of drug-likeness (QED) is 0.126. The first kappa shape index (κ1) is 61.0. The number of fused-ring (bicyclic) bond motifs is 12. The van der Waals surface area contributed by atoms with Crippen LogP contribution in [0, 0.1) is 0 Å². The van der Waals surface area contributed by atoms with Crippen molar-refractivity contribution < 1.29 is 0 Å². The normalized spacial score (nSPS) is 13.4. The largest absolute Gasteiger partial charge is 0.310 e. The fraction of sp³-hybridized carbons (Fsp3) is 0.100. The summed E-state index contributed by atoms with van der Waals surface area (Å²) in [6, 6.07) is 126. The number of nitrogens with zero attached hydrogens (tertiary/aromatic N) is 2. The predicted molar refractivity (Wildman–Crippen MR) is 436 cm³/mol. The summed E-state index contributed by atoms with van der Waals surface area (Å²) < 4.78 is 0. The van der Waals surface area contributed by atoms with Crippen molar-refractivity contribution in [3.05, 3.63) is 361 Å². The maximum Gasteiger partial charge on any atom is 0.0540 e. The van der Waals surface area contributed by atoms with Crippen LogP contribution in [0.3, 0.4) is 0 Å². The summed E-state index contributed by atoms with van der Waals surface area (Å²) in [5.74, 6) is 0. The van der Waals surface area contributed by atoms with E-state index in [-0.39, 0.29) is 16.2 Å². The highest BCUT2D eigenvalue weighted by atomic mass is 15.1. The summed E-state index contributed by atoms with van der Waals surface area (Å²) in [6.45, 7) is 16.4. The molecule has 0 fully saturated rings. The highest BCUT2D eigenvalue weighted by molar-refractivity contribution is 6.24. The van der Waals surface area contributed by atoms with Gasteiger partial charge in [0.25, 0.3) is 0 Å².